The predicted molar refractivity (Wildman–Crippen MR) is 166 cm³/mol. The Hall–Kier alpha value is -3.07. The van der Waals surface area contributed by atoms with Crippen LogP contribution in [0.25, 0.3) is 0 Å². The zero-order valence-corrected chi connectivity index (χ0v) is 26.1. The molecule has 0 heterocycles. The quantitative estimate of drug-likeness (QED) is 0.238. The van der Waals surface area contributed by atoms with Crippen molar-refractivity contribution in [3.05, 3.63) is 94.0 Å². The Balaban J connectivity index is 2.07. The van der Waals surface area contributed by atoms with E-state index < -0.39 is 28.5 Å². The maximum Gasteiger partial charge on any atom is 0.264 e. The number of nitrogens with zero attached hydrogens (tertiary/aromatic N) is 2. The minimum absolute atomic E-state index is 0.00470. The van der Waals surface area contributed by atoms with Crippen molar-refractivity contribution in [2.45, 2.75) is 70.5 Å². The van der Waals surface area contributed by atoms with Crippen LogP contribution in [0, 0.1) is 0 Å². The molecule has 10 heteroatoms. The third-order valence-electron chi connectivity index (χ3n) is 6.99. The first kappa shape index (κ1) is 32.4. The summed E-state index contributed by atoms with van der Waals surface area (Å²) in [6.07, 6.45) is 1.82. The van der Waals surface area contributed by atoms with Crippen molar-refractivity contribution in [1.29, 1.82) is 0 Å². The molecule has 0 saturated heterocycles. The van der Waals surface area contributed by atoms with E-state index in [1.165, 1.54) is 17.0 Å². The summed E-state index contributed by atoms with van der Waals surface area (Å²) in [7, 11) is -4.12. The molecule has 2 atom stereocenters. The number of hydrogen-bond donors (Lipinski definition) is 1. The fourth-order valence-corrected chi connectivity index (χ4v) is 6.24. The molecule has 0 spiro atoms. The number of hydrogen-bond acceptors (Lipinski definition) is 4. The zero-order chi connectivity index (χ0) is 30.2. The second-order valence-corrected chi connectivity index (χ2v) is 12.5. The summed E-state index contributed by atoms with van der Waals surface area (Å²) in [6, 6.07) is 19.0. The first-order chi connectivity index (χ1) is 19.5. The van der Waals surface area contributed by atoms with Crippen molar-refractivity contribution in [3.8, 4) is 0 Å². The van der Waals surface area contributed by atoms with E-state index in [0.717, 1.165) is 22.7 Å². The number of rotatable bonds is 13. The highest BCUT2D eigenvalue weighted by atomic mass is 35.5. The van der Waals surface area contributed by atoms with Gasteiger partial charge in [-0.1, -0.05) is 80.4 Å². The van der Waals surface area contributed by atoms with Gasteiger partial charge in [0.25, 0.3) is 10.0 Å². The van der Waals surface area contributed by atoms with Crippen LogP contribution in [0.2, 0.25) is 10.0 Å². The summed E-state index contributed by atoms with van der Waals surface area (Å²) >= 11 is 12.6. The second-order valence-electron chi connectivity index (χ2n) is 9.84. The van der Waals surface area contributed by atoms with Gasteiger partial charge in [0.15, 0.2) is 0 Å². The van der Waals surface area contributed by atoms with Gasteiger partial charge in [-0.05, 0) is 73.7 Å². The van der Waals surface area contributed by atoms with Crippen LogP contribution < -0.4 is 9.62 Å². The number of halogens is 2. The lowest BCUT2D eigenvalue weighted by molar-refractivity contribution is -0.140. The number of sulfonamides is 1. The van der Waals surface area contributed by atoms with Crippen molar-refractivity contribution >= 4 is 50.7 Å². The van der Waals surface area contributed by atoms with Crippen LogP contribution in [0.1, 0.15) is 51.7 Å². The fraction of sp³-hybridized carbons (Fsp3) is 0.355. The Morgan fingerprint density at radius 2 is 1.56 bits per heavy atom. The summed E-state index contributed by atoms with van der Waals surface area (Å²) < 4.78 is 28.9. The van der Waals surface area contributed by atoms with Gasteiger partial charge in [-0.15, -0.1) is 0 Å². The Bertz CT molecular complexity index is 1430. The molecule has 0 fully saturated rings. The van der Waals surface area contributed by atoms with E-state index in [4.69, 9.17) is 23.2 Å². The van der Waals surface area contributed by atoms with Gasteiger partial charge in [-0.25, -0.2) is 8.42 Å². The van der Waals surface area contributed by atoms with E-state index in [-0.39, 0.29) is 23.4 Å². The van der Waals surface area contributed by atoms with Crippen molar-refractivity contribution in [2.75, 3.05) is 10.8 Å². The highest BCUT2D eigenvalue weighted by Crippen LogP contribution is 2.27. The average molecular weight is 619 g/mol. The van der Waals surface area contributed by atoms with Crippen molar-refractivity contribution in [3.63, 3.8) is 0 Å². The molecule has 0 bridgehead atoms. The summed E-state index contributed by atoms with van der Waals surface area (Å²) in [5.41, 5.74) is 1.97. The lowest BCUT2D eigenvalue weighted by Gasteiger charge is -2.34. The standard InChI is InChI=1S/C31H37Cl2N3O4S/c1-5-22(4)34-31(38)29(7-3)35(20-24-15-16-25(32)19-28(24)33)30(37)21-36(26-17-13-23(6-2)14-18-26)41(39,40)27-11-9-8-10-12-27/h8-19,22,29H,5-7,20-21H2,1-4H3,(H,34,38). The van der Waals surface area contributed by atoms with Gasteiger partial charge < -0.3 is 10.2 Å². The lowest BCUT2D eigenvalue weighted by atomic mass is 10.1. The number of carbonyl (C=O) groups is 2. The smallest absolute Gasteiger partial charge is 0.264 e. The average Bonchev–Trinajstić information content (AvgIpc) is 2.97. The van der Waals surface area contributed by atoms with E-state index in [1.54, 1.807) is 48.5 Å². The molecule has 7 nitrogen and oxygen atoms in total. The molecule has 0 aliphatic heterocycles. The number of benzene rings is 3. The minimum Gasteiger partial charge on any atom is -0.352 e. The van der Waals surface area contributed by atoms with Gasteiger partial charge in [0.05, 0.1) is 10.6 Å². The summed E-state index contributed by atoms with van der Waals surface area (Å²) in [5, 5.41) is 3.74. The molecule has 3 rings (SSSR count). The van der Waals surface area contributed by atoms with Gasteiger partial charge in [-0.3, -0.25) is 13.9 Å². The van der Waals surface area contributed by atoms with Gasteiger partial charge in [0.1, 0.15) is 12.6 Å². The summed E-state index contributed by atoms with van der Waals surface area (Å²) in [5.74, 6) is -0.855. The molecule has 220 valence electrons. The first-order valence-corrected chi connectivity index (χ1v) is 15.9. The fourth-order valence-electron chi connectivity index (χ4n) is 4.34. The molecule has 2 amide bonds. The highest BCUT2D eigenvalue weighted by molar-refractivity contribution is 7.92. The van der Waals surface area contributed by atoms with Crippen LogP contribution in [-0.4, -0.2) is 43.8 Å². The van der Waals surface area contributed by atoms with Gasteiger partial charge >= 0.3 is 0 Å². The van der Waals surface area contributed by atoms with Crippen LogP contribution in [0.15, 0.2) is 77.7 Å². The van der Waals surface area contributed by atoms with E-state index in [2.05, 4.69) is 5.32 Å². The van der Waals surface area contributed by atoms with Crippen LogP contribution in [0.3, 0.4) is 0 Å². The third kappa shape index (κ3) is 8.24. The molecule has 0 saturated carbocycles. The first-order valence-electron chi connectivity index (χ1n) is 13.7. The molecular weight excluding hydrogens is 581 g/mol. The molecule has 3 aromatic carbocycles. The number of nitrogens with one attached hydrogen (secondary N) is 1. The lowest BCUT2D eigenvalue weighted by Crippen LogP contribution is -2.53. The molecule has 0 radical (unpaired) electrons. The molecule has 2 unspecified atom stereocenters. The zero-order valence-electron chi connectivity index (χ0n) is 23.8. The monoisotopic (exact) mass is 617 g/mol. The Morgan fingerprint density at radius 1 is 0.902 bits per heavy atom. The number of aryl methyl sites for hydroxylation is 1. The van der Waals surface area contributed by atoms with E-state index >= 15 is 0 Å². The van der Waals surface area contributed by atoms with Gasteiger partial charge in [0, 0.05) is 22.6 Å². The maximum atomic E-state index is 14.1. The highest BCUT2D eigenvalue weighted by Gasteiger charge is 2.34. The molecule has 0 aliphatic carbocycles. The molecule has 0 aliphatic rings. The van der Waals surface area contributed by atoms with Crippen molar-refractivity contribution < 1.29 is 18.0 Å². The predicted octanol–water partition coefficient (Wildman–Crippen LogP) is 6.47. The number of carbonyl (C=O) groups excluding carboxylic acids is 2. The Kier molecular flexibility index (Phi) is 11.6. The summed E-state index contributed by atoms with van der Waals surface area (Å²) in [6.45, 7) is 7.15. The van der Waals surface area contributed by atoms with Crippen molar-refractivity contribution in [2.24, 2.45) is 0 Å². The van der Waals surface area contributed by atoms with E-state index in [1.807, 2.05) is 39.8 Å². The number of anilines is 1. The van der Waals surface area contributed by atoms with Gasteiger partial charge in [-0.2, -0.15) is 0 Å². The SMILES string of the molecule is CCc1ccc(N(CC(=O)N(Cc2ccc(Cl)cc2Cl)C(CC)C(=O)NC(C)CC)S(=O)(=O)c2ccccc2)cc1. The topological polar surface area (TPSA) is 86.8 Å². The van der Waals surface area contributed by atoms with Crippen LogP contribution >= 0.6 is 23.2 Å². The largest absolute Gasteiger partial charge is 0.352 e. The van der Waals surface area contributed by atoms with Crippen LogP contribution in [0.4, 0.5) is 5.69 Å². The second kappa shape index (κ2) is 14.7. The van der Waals surface area contributed by atoms with E-state index in [0.29, 0.717) is 27.7 Å². The van der Waals surface area contributed by atoms with E-state index in [9.17, 15) is 18.0 Å². The third-order valence-corrected chi connectivity index (χ3v) is 9.36. The molecule has 3 aromatic rings. The normalized spacial score (nSPS) is 12.8. The number of amides is 2. The summed E-state index contributed by atoms with van der Waals surface area (Å²) in [4.78, 5) is 29.0. The Labute approximate surface area is 253 Å². The van der Waals surface area contributed by atoms with Crippen LogP contribution in [0.5, 0.6) is 0 Å². The Morgan fingerprint density at radius 3 is 2.12 bits per heavy atom. The van der Waals surface area contributed by atoms with Crippen molar-refractivity contribution in [1.82, 2.24) is 10.2 Å². The van der Waals surface area contributed by atoms with Gasteiger partial charge in [0.2, 0.25) is 11.8 Å². The minimum atomic E-state index is -4.12. The van der Waals surface area contributed by atoms with Crippen LogP contribution in [-0.2, 0) is 32.6 Å². The molecular formula is C31H37Cl2N3O4S. The molecule has 0 aromatic heterocycles. The molecule has 1 N–H and O–H groups in total. The molecule has 41 heavy (non-hydrogen) atoms. The maximum absolute atomic E-state index is 14.1.